The van der Waals surface area contributed by atoms with Crippen molar-refractivity contribution in [1.82, 2.24) is 10.6 Å². The lowest BCUT2D eigenvalue weighted by atomic mass is 9.82. The Morgan fingerprint density at radius 2 is 1.56 bits per heavy atom. The molecular formula is C28H28N2O4. The predicted octanol–water partition coefficient (Wildman–Crippen LogP) is 4.34. The van der Waals surface area contributed by atoms with Gasteiger partial charge in [-0.15, -0.1) is 0 Å². The number of ether oxygens (including phenoxy) is 1. The summed E-state index contributed by atoms with van der Waals surface area (Å²) >= 11 is 0. The molecule has 3 N–H and O–H groups in total. The summed E-state index contributed by atoms with van der Waals surface area (Å²) in [5, 5.41) is 16.0. The molecule has 1 aliphatic carbocycles. The molecule has 0 radical (unpaired) electrons. The number of carboxylic acids is 1. The fourth-order valence-electron chi connectivity index (χ4n) is 5.52. The molecule has 1 heterocycles. The minimum Gasteiger partial charge on any atom is -0.481 e. The third kappa shape index (κ3) is 4.29. The highest BCUT2D eigenvalue weighted by atomic mass is 16.5. The molecule has 34 heavy (non-hydrogen) atoms. The van der Waals surface area contributed by atoms with E-state index in [1.807, 2.05) is 54.6 Å². The van der Waals surface area contributed by atoms with Gasteiger partial charge in [0.25, 0.3) is 0 Å². The number of carbonyl (C=O) groups excluding carboxylic acids is 1. The Morgan fingerprint density at radius 1 is 0.941 bits per heavy atom. The second-order valence-electron chi connectivity index (χ2n) is 9.13. The summed E-state index contributed by atoms with van der Waals surface area (Å²) in [4.78, 5) is 24.6. The quantitative estimate of drug-likeness (QED) is 0.492. The van der Waals surface area contributed by atoms with E-state index in [-0.39, 0.29) is 25.0 Å². The van der Waals surface area contributed by atoms with E-state index in [1.165, 1.54) is 11.1 Å². The number of rotatable bonds is 7. The van der Waals surface area contributed by atoms with Crippen LogP contribution in [0.25, 0.3) is 11.1 Å². The number of hydrogen-bond donors (Lipinski definition) is 3. The van der Waals surface area contributed by atoms with Crippen LogP contribution < -0.4 is 10.6 Å². The summed E-state index contributed by atoms with van der Waals surface area (Å²) in [6.07, 6.45) is 0.549. The van der Waals surface area contributed by atoms with Gasteiger partial charge in [-0.25, -0.2) is 4.79 Å². The lowest BCUT2D eigenvalue weighted by Crippen LogP contribution is -2.57. The molecular weight excluding hydrogens is 428 g/mol. The Hall–Kier alpha value is -3.64. The van der Waals surface area contributed by atoms with Crippen LogP contribution in [0.5, 0.6) is 0 Å². The zero-order valence-electron chi connectivity index (χ0n) is 18.9. The third-order valence-electron chi connectivity index (χ3n) is 7.04. The van der Waals surface area contributed by atoms with Crippen LogP contribution in [-0.2, 0) is 16.0 Å². The van der Waals surface area contributed by atoms with Gasteiger partial charge in [-0.1, -0.05) is 78.9 Å². The smallest absolute Gasteiger partial charge is 0.407 e. The summed E-state index contributed by atoms with van der Waals surface area (Å²) in [6, 6.07) is 25.8. The van der Waals surface area contributed by atoms with Crippen LogP contribution in [0, 0.1) is 0 Å². The Labute approximate surface area is 199 Å². The highest BCUT2D eigenvalue weighted by Crippen LogP contribution is 2.44. The van der Waals surface area contributed by atoms with Gasteiger partial charge < -0.3 is 20.5 Å². The van der Waals surface area contributed by atoms with Crippen LogP contribution in [0.2, 0.25) is 0 Å². The molecule has 2 atom stereocenters. The van der Waals surface area contributed by atoms with Gasteiger partial charge in [0, 0.05) is 5.92 Å². The van der Waals surface area contributed by atoms with Crippen molar-refractivity contribution in [3.63, 3.8) is 0 Å². The van der Waals surface area contributed by atoms with Crippen LogP contribution in [0.3, 0.4) is 0 Å². The number of carboxylic acid groups (broad SMARTS) is 1. The normalized spacial score (nSPS) is 21.0. The molecule has 3 aromatic carbocycles. The van der Waals surface area contributed by atoms with E-state index >= 15 is 0 Å². The van der Waals surface area contributed by atoms with Crippen molar-refractivity contribution in [1.29, 1.82) is 0 Å². The maximum atomic E-state index is 12.9. The summed E-state index contributed by atoms with van der Waals surface area (Å²) in [6.45, 7) is 0.860. The molecule has 2 aliphatic rings. The van der Waals surface area contributed by atoms with Gasteiger partial charge in [0.1, 0.15) is 6.61 Å². The number of alkyl carbamates (subject to hydrolysis) is 1. The van der Waals surface area contributed by atoms with E-state index in [0.29, 0.717) is 19.4 Å². The number of nitrogens with one attached hydrogen (secondary N) is 2. The molecule has 0 unspecified atom stereocenters. The second-order valence-corrected chi connectivity index (χ2v) is 9.13. The molecule has 0 bridgehead atoms. The highest BCUT2D eigenvalue weighted by Gasteiger charge is 2.45. The Morgan fingerprint density at radius 3 is 2.21 bits per heavy atom. The van der Waals surface area contributed by atoms with Gasteiger partial charge in [-0.2, -0.15) is 0 Å². The van der Waals surface area contributed by atoms with Gasteiger partial charge >= 0.3 is 12.1 Å². The average Bonchev–Trinajstić information content (AvgIpc) is 3.36. The zero-order chi connectivity index (χ0) is 23.5. The zero-order valence-corrected chi connectivity index (χ0v) is 18.9. The molecule has 0 aromatic heterocycles. The maximum Gasteiger partial charge on any atom is 0.407 e. The molecule has 1 fully saturated rings. The Bertz CT molecular complexity index is 1150. The first-order valence-electron chi connectivity index (χ1n) is 11.7. The predicted molar refractivity (Wildman–Crippen MR) is 130 cm³/mol. The van der Waals surface area contributed by atoms with Crippen LogP contribution in [-0.4, -0.2) is 41.9 Å². The summed E-state index contributed by atoms with van der Waals surface area (Å²) in [7, 11) is 0. The number of fused-ring (bicyclic) bond motifs is 3. The fraction of sp³-hybridized carbons (Fsp3) is 0.286. The first-order valence-corrected chi connectivity index (χ1v) is 11.7. The van der Waals surface area contributed by atoms with Crippen LogP contribution >= 0.6 is 0 Å². The number of hydrogen-bond acceptors (Lipinski definition) is 4. The maximum absolute atomic E-state index is 12.9. The summed E-state index contributed by atoms with van der Waals surface area (Å²) in [5.74, 6) is -0.919. The number of amides is 1. The topological polar surface area (TPSA) is 87.7 Å². The van der Waals surface area contributed by atoms with Crippen molar-refractivity contribution >= 4 is 12.1 Å². The average molecular weight is 457 g/mol. The van der Waals surface area contributed by atoms with Crippen molar-refractivity contribution in [2.75, 3.05) is 13.2 Å². The molecule has 1 saturated heterocycles. The first-order chi connectivity index (χ1) is 16.6. The van der Waals surface area contributed by atoms with E-state index in [0.717, 1.165) is 16.7 Å². The summed E-state index contributed by atoms with van der Waals surface area (Å²) < 4.78 is 5.72. The minimum absolute atomic E-state index is 0.0204. The van der Waals surface area contributed by atoms with E-state index in [1.54, 1.807) is 0 Å². The number of carbonyl (C=O) groups is 2. The Balaban J connectivity index is 1.30. The van der Waals surface area contributed by atoms with Crippen molar-refractivity contribution < 1.29 is 19.4 Å². The van der Waals surface area contributed by atoms with Gasteiger partial charge in [0.05, 0.1) is 18.0 Å². The third-order valence-corrected chi connectivity index (χ3v) is 7.04. The molecule has 1 aliphatic heterocycles. The fourth-order valence-corrected chi connectivity index (χ4v) is 5.52. The molecule has 1 amide bonds. The molecule has 174 valence electrons. The van der Waals surface area contributed by atoms with Gasteiger partial charge in [-0.3, -0.25) is 4.79 Å². The molecule has 6 nitrogen and oxygen atoms in total. The van der Waals surface area contributed by atoms with Crippen LogP contribution in [0.4, 0.5) is 4.79 Å². The molecule has 3 aromatic rings. The number of aliphatic carboxylic acids is 1. The van der Waals surface area contributed by atoms with Crippen molar-refractivity contribution in [3.05, 3.63) is 95.6 Å². The molecule has 0 spiro atoms. The highest BCUT2D eigenvalue weighted by molar-refractivity contribution is 5.79. The monoisotopic (exact) mass is 456 g/mol. The second kappa shape index (κ2) is 9.31. The van der Waals surface area contributed by atoms with E-state index in [4.69, 9.17) is 4.74 Å². The van der Waals surface area contributed by atoms with Crippen LogP contribution in [0.15, 0.2) is 78.9 Å². The minimum atomic E-state index is -0.898. The van der Waals surface area contributed by atoms with E-state index in [9.17, 15) is 14.7 Å². The summed E-state index contributed by atoms with van der Waals surface area (Å²) in [5.41, 5.74) is 4.92. The van der Waals surface area contributed by atoms with Crippen molar-refractivity contribution in [2.24, 2.45) is 0 Å². The molecule has 6 heteroatoms. The number of benzene rings is 3. The van der Waals surface area contributed by atoms with E-state index < -0.39 is 17.6 Å². The molecule has 0 saturated carbocycles. The standard InChI is InChI=1S/C28H28N2O4/c31-26(32)17-28(16-19-8-2-1-3-9-19)25(14-15-29-28)30-27(33)34-18-24-22-12-6-4-10-20(22)21-11-5-7-13-23(21)24/h1-13,24-25,29H,14-18H2,(H,30,33)(H,31,32)/t25-,28+/m0/s1. The van der Waals surface area contributed by atoms with Gasteiger partial charge in [0.15, 0.2) is 0 Å². The van der Waals surface area contributed by atoms with Crippen LogP contribution in [0.1, 0.15) is 35.4 Å². The van der Waals surface area contributed by atoms with E-state index in [2.05, 4.69) is 34.9 Å². The van der Waals surface area contributed by atoms with Gasteiger partial charge in [0.2, 0.25) is 0 Å². The Kier molecular flexibility index (Phi) is 6.07. The van der Waals surface area contributed by atoms with Crippen molar-refractivity contribution in [2.45, 2.75) is 36.8 Å². The van der Waals surface area contributed by atoms with Gasteiger partial charge in [-0.05, 0) is 47.2 Å². The van der Waals surface area contributed by atoms with Crippen molar-refractivity contribution in [3.8, 4) is 11.1 Å². The first kappa shape index (κ1) is 22.2. The lowest BCUT2D eigenvalue weighted by Gasteiger charge is -2.35. The largest absolute Gasteiger partial charge is 0.481 e. The molecule has 5 rings (SSSR count). The SMILES string of the molecule is O=C(O)C[C@@]1(Cc2ccccc2)NCC[C@@H]1NC(=O)OCC1c2ccccc2-c2ccccc21. The lowest BCUT2D eigenvalue weighted by molar-refractivity contribution is -0.138.